The molecule has 0 saturated carbocycles. The van der Waals surface area contributed by atoms with Crippen molar-refractivity contribution in [2.24, 2.45) is 5.73 Å². The first-order valence-corrected chi connectivity index (χ1v) is 7.98. The molecular formula is C9H13N3O4S2. The van der Waals surface area contributed by atoms with Crippen LogP contribution in [0.5, 0.6) is 0 Å². The number of carboxylic acids is 1. The Bertz CT molecular complexity index is 554. The van der Waals surface area contributed by atoms with Gasteiger partial charge in [-0.15, -0.1) is 11.3 Å². The van der Waals surface area contributed by atoms with Gasteiger partial charge in [0, 0.05) is 11.4 Å². The number of nitrogens with one attached hydrogen (secondary N) is 1. The minimum absolute atomic E-state index is 0.0902. The average molecular weight is 291 g/mol. The summed E-state index contributed by atoms with van der Waals surface area (Å²) in [4.78, 5) is 14.7. The lowest BCUT2D eigenvalue weighted by Gasteiger charge is -2.08. The van der Waals surface area contributed by atoms with E-state index in [1.165, 1.54) is 11.3 Å². The molecule has 2 heterocycles. The highest BCUT2D eigenvalue weighted by molar-refractivity contribution is 7.91. The summed E-state index contributed by atoms with van der Waals surface area (Å²) in [7, 11) is -2.94. The Hall–Kier alpha value is -1.19. The van der Waals surface area contributed by atoms with Crippen LogP contribution in [0.1, 0.15) is 18.2 Å². The van der Waals surface area contributed by atoms with Gasteiger partial charge >= 0.3 is 5.97 Å². The van der Waals surface area contributed by atoms with Gasteiger partial charge in [0.05, 0.1) is 17.2 Å². The maximum Gasteiger partial charge on any atom is 0.326 e. The summed E-state index contributed by atoms with van der Waals surface area (Å²) in [5.74, 6) is -0.875. The third-order valence-electron chi connectivity index (χ3n) is 2.67. The molecule has 7 nitrogen and oxygen atoms in total. The van der Waals surface area contributed by atoms with Crippen LogP contribution in [0.3, 0.4) is 0 Å². The molecule has 1 saturated heterocycles. The van der Waals surface area contributed by atoms with Crippen molar-refractivity contribution < 1.29 is 18.3 Å². The second-order valence-corrected chi connectivity index (χ2v) is 7.22. The summed E-state index contributed by atoms with van der Waals surface area (Å²) in [5, 5.41) is 13.8. The van der Waals surface area contributed by atoms with Crippen molar-refractivity contribution >= 4 is 32.3 Å². The van der Waals surface area contributed by atoms with Crippen LogP contribution in [0.2, 0.25) is 0 Å². The predicted molar refractivity (Wildman–Crippen MR) is 67.4 cm³/mol. The minimum Gasteiger partial charge on any atom is -0.480 e. The average Bonchev–Trinajstić information content (AvgIpc) is 2.85. The van der Waals surface area contributed by atoms with Gasteiger partial charge in [-0.25, -0.2) is 13.4 Å². The number of rotatable bonds is 4. The van der Waals surface area contributed by atoms with Crippen LogP contribution >= 0.6 is 11.3 Å². The monoisotopic (exact) mass is 291 g/mol. The van der Waals surface area contributed by atoms with E-state index in [9.17, 15) is 13.2 Å². The molecule has 1 aromatic rings. The molecule has 2 rings (SSSR count). The molecule has 100 valence electrons. The minimum atomic E-state index is -2.94. The second-order valence-electron chi connectivity index (χ2n) is 4.14. The largest absolute Gasteiger partial charge is 0.480 e. The van der Waals surface area contributed by atoms with Gasteiger partial charge in [-0.2, -0.15) is 0 Å². The Kier molecular flexibility index (Phi) is 3.55. The van der Waals surface area contributed by atoms with E-state index in [4.69, 9.17) is 10.8 Å². The van der Waals surface area contributed by atoms with E-state index >= 15 is 0 Å². The number of aromatic nitrogens is 1. The van der Waals surface area contributed by atoms with Gasteiger partial charge in [0.15, 0.2) is 15.0 Å². The first kappa shape index (κ1) is 13.2. The number of nitrogens with two attached hydrogens (primary N) is 1. The summed E-state index contributed by atoms with van der Waals surface area (Å²) < 4.78 is 22.6. The molecule has 4 N–H and O–H groups in total. The lowest BCUT2D eigenvalue weighted by Crippen LogP contribution is -2.22. The third-order valence-corrected chi connectivity index (χ3v) is 5.23. The number of thiazole rings is 1. The normalized spacial score (nSPS) is 23.7. The first-order chi connectivity index (χ1) is 8.37. The van der Waals surface area contributed by atoms with Gasteiger partial charge in [0.1, 0.15) is 6.04 Å². The predicted octanol–water partition coefficient (Wildman–Crippen LogP) is -0.173. The number of aliphatic carboxylic acids is 1. The fourth-order valence-corrected chi connectivity index (χ4v) is 4.20. The molecule has 1 aliphatic rings. The van der Waals surface area contributed by atoms with E-state index in [0.717, 1.165) is 0 Å². The number of carboxylic acid groups (broad SMARTS) is 1. The molecule has 0 bridgehead atoms. The smallest absolute Gasteiger partial charge is 0.326 e. The third kappa shape index (κ3) is 2.98. The van der Waals surface area contributed by atoms with Crippen LogP contribution in [-0.2, 0) is 14.6 Å². The Morgan fingerprint density at radius 1 is 1.67 bits per heavy atom. The highest BCUT2D eigenvalue weighted by Crippen LogP contribution is 2.23. The molecule has 18 heavy (non-hydrogen) atoms. The van der Waals surface area contributed by atoms with E-state index in [0.29, 0.717) is 11.6 Å². The Balaban J connectivity index is 2.01. The van der Waals surface area contributed by atoms with Gasteiger partial charge in [-0.3, -0.25) is 4.79 Å². The molecule has 0 aliphatic carbocycles. The van der Waals surface area contributed by atoms with Crippen molar-refractivity contribution in [3.05, 3.63) is 11.1 Å². The van der Waals surface area contributed by atoms with Crippen LogP contribution in [0.4, 0.5) is 5.13 Å². The number of nitrogens with zero attached hydrogens (tertiary/aromatic N) is 1. The Labute approximate surface area is 108 Å². The zero-order valence-corrected chi connectivity index (χ0v) is 11.0. The summed E-state index contributed by atoms with van der Waals surface area (Å²) in [6.07, 6.45) is 0.544. The summed E-state index contributed by atoms with van der Waals surface area (Å²) >= 11 is 1.22. The molecular weight excluding hydrogens is 278 g/mol. The molecule has 1 aromatic heterocycles. The van der Waals surface area contributed by atoms with Crippen molar-refractivity contribution in [2.75, 3.05) is 16.8 Å². The van der Waals surface area contributed by atoms with Crippen LogP contribution in [0, 0.1) is 0 Å². The number of anilines is 1. The van der Waals surface area contributed by atoms with Crippen molar-refractivity contribution in [3.63, 3.8) is 0 Å². The fraction of sp³-hybridized carbons (Fsp3) is 0.556. The van der Waals surface area contributed by atoms with Crippen molar-refractivity contribution in [1.82, 2.24) is 4.98 Å². The highest BCUT2D eigenvalue weighted by atomic mass is 32.2. The maximum absolute atomic E-state index is 11.3. The first-order valence-electron chi connectivity index (χ1n) is 5.28. The SMILES string of the molecule is NC(C(=O)O)c1csc(NC2CCS(=O)(=O)C2)n1. The number of sulfone groups is 1. The topological polar surface area (TPSA) is 122 Å². The van der Waals surface area contributed by atoms with E-state index in [-0.39, 0.29) is 23.2 Å². The van der Waals surface area contributed by atoms with Crippen LogP contribution < -0.4 is 11.1 Å². The summed E-state index contributed by atoms with van der Waals surface area (Å²) in [6.45, 7) is 0. The molecule has 9 heteroatoms. The summed E-state index contributed by atoms with van der Waals surface area (Å²) in [5.41, 5.74) is 5.70. The van der Waals surface area contributed by atoms with Gasteiger partial charge in [0.25, 0.3) is 0 Å². The number of carbonyl (C=O) groups is 1. The molecule has 2 unspecified atom stereocenters. The van der Waals surface area contributed by atoms with E-state index in [1.807, 2.05) is 0 Å². The molecule has 0 radical (unpaired) electrons. The van der Waals surface area contributed by atoms with Crippen molar-refractivity contribution in [1.29, 1.82) is 0 Å². The second kappa shape index (κ2) is 4.82. The standard InChI is InChI=1S/C9H13N3O4S2/c10-7(8(13)14)6-3-17-9(12-6)11-5-1-2-18(15,16)4-5/h3,5,7H,1-2,4,10H2,(H,11,12)(H,13,14). The van der Waals surface area contributed by atoms with E-state index in [1.54, 1.807) is 5.38 Å². The Morgan fingerprint density at radius 2 is 2.39 bits per heavy atom. The zero-order chi connectivity index (χ0) is 13.3. The van der Waals surface area contributed by atoms with Crippen LogP contribution in [-0.4, -0.2) is 42.0 Å². The number of hydrogen-bond donors (Lipinski definition) is 3. The van der Waals surface area contributed by atoms with Crippen molar-refractivity contribution in [3.8, 4) is 0 Å². The lowest BCUT2D eigenvalue weighted by atomic mass is 10.2. The zero-order valence-electron chi connectivity index (χ0n) is 9.37. The number of hydrogen-bond acceptors (Lipinski definition) is 7. The lowest BCUT2D eigenvalue weighted by molar-refractivity contribution is -0.138. The highest BCUT2D eigenvalue weighted by Gasteiger charge is 2.28. The van der Waals surface area contributed by atoms with Gasteiger partial charge in [-0.05, 0) is 6.42 Å². The molecule has 2 atom stereocenters. The van der Waals surface area contributed by atoms with Gasteiger partial charge in [-0.1, -0.05) is 0 Å². The molecule has 1 fully saturated rings. The molecule has 0 spiro atoms. The molecule has 1 aliphatic heterocycles. The van der Waals surface area contributed by atoms with Gasteiger partial charge in [0.2, 0.25) is 0 Å². The quantitative estimate of drug-likeness (QED) is 0.703. The summed E-state index contributed by atoms with van der Waals surface area (Å²) in [6, 6.07) is -1.31. The maximum atomic E-state index is 11.3. The van der Waals surface area contributed by atoms with E-state index < -0.39 is 21.8 Å². The molecule has 0 amide bonds. The molecule has 0 aromatic carbocycles. The van der Waals surface area contributed by atoms with Crippen LogP contribution in [0.15, 0.2) is 5.38 Å². The van der Waals surface area contributed by atoms with Crippen molar-refractivity contribution in [2.45, 2.75) is 18.5 Å². The fourth-order valence-electron chi connectivity index (χ4n) is 1.71. The van der Waals surface area contributed by atoms with E-state index in [2.05, 4.69) is 10.3 Å². The Morgan fingerprint density at radius 3 is 2.94 bits per heavy atom. The van der Waals surface area contributed by atoms with Crippen LogP contribution in [0.25, 0.3) is 0 Å². The van der Waals surface area contributed by atoms with Gasteiger partial charge < -0.3 is 16.2 Å².